The van der Waals surface area contributed by atoms with Crippen molar-refractivity contribution in [3.8, 4) is 6.26 Å². The van der Waals surface area contributed by atoms with Crippen molar-refractivity contribution in [2.45, 2.75) is 32.6 Å². The molecule has 0 amide bonds. The van der Waals surface area contributed by atoms with Crippen LogP contribution >= 0.6 is 0 Å². The Bertz CT molecular complexity index is 150. The van der Waals surface area contributed by atoms with Crippen molar-refractivity contribution in [3.63, 3.8) is 0 Å². The lowest BCUT2D eigenvalue weighted by Crippen LogP contribution is -2.21. The number of hydrogen-bond donors (Lipinski definition) is 3. The molecule has 1 aliphatic heterocycles. The zero-order chi connectivity index (χ0) is 11.2. The Hall–Kier alpha value is -1.28. The fourth-order valence-electron chi connectivity index (χ4n) is 0.802. The molecule has 0 bridgehead atoms. The van der Waals surface area contributed by atoms with Crippen LogP contribution in [-0.2, 0) is 4.79 Å². The Balaban J connectivity index is 0. The van der Waals surface area contributed by atoms with E-state index in [-0.39, 0.29) is 6.42 Å². The van der Waals surface area contributed by atoms with E-state index in [1.54, 1.807) is 6.92 Å². The Morgan fingerprint density at radius 3 is 1.86 bits per heavy atom. The predicted molar refractivity (Wildman–Crippen MR) is 52.2 cm³/mol. The largest absolute Gasteiger partial charge is 0.481 e. The molecule has 1 rings (SSSR count). The van der Waals surface area contributed by atoms with E-state index in [1.807, 2.05) is 0 Å². The van der Waals surface area contributed by atoms with Crippen molar-refractivity contribution in [2.75, 3.05) is 13.1 Å². The van der Waals surface area contributed by atoms with E-state index >= 15 is 0 Å². The minimum Gasteiger partial charge on any atom is -0.481 e. The van der Waals surface area contributed by atoms with Crippen LogP contribution in [0.5, 0.6) is 0 Å². The summed E-state index contributed by atoms with van der Waals surface area (Å²) in [5.74, 6) is -0.745. The van der Waals surface area contributed by atoms with Gasteiger partial charge in [-0.15, -0.1) is 0 Å². The van der Waals surface area contributed by atoms with Gasteiger partial charge in [0.2, 0.25) is 0 Å². The van der Waals surface area contributed by atoms with E-state index in [9.17, 15) is 4.79 Å². The lowest BCUT2D eigenvalue weighted by Gasteiger charge is -2.08. The normalized spacial score (nSPS) is 13.4. The van der Waals surface area contributed by atoms with Crippen molar-refractivity contribution in [1.82, 2.24) is 5.32 Å². The molecule has 0 aromatic rings. The van der Waals surface area contributed by atoms with Gasteiger partial charge in [0, 0.05) is 6.42 Å². The van der Waals surface area contributed by atoms with Gasteiger partial charge >= 0.3 is 5.97 Å². The number of aliphatic hydroxyl groups is 1. The number of hydrogen-bond acceptors (Lipinski definition) is 4. The molecule has 0 aromatic carbocycles. The van der Waals surface area contributed by atoms with E-state index in [0.717, 1.165) is 6.26 Å². The smallest absolute Gasteiger partial charge is 0.303 e. The van der Waals surface area contributed by atoms with E-state index in [1.165, 1.54) is 32.4 Å². The van der Waals surface area contributed by atoms with Gasteiger partial charge in [-0.05, 0) is 25.9 Å². The molecule has 0 atom stereocenters. The van der Waals surface area contributed by atoms with Gasteiger partial charge in [-0.2, -0.15) is 5.26 Å². The zero-order valence-corrected chi connectivity index (χ0v) is 8.49. The van der Waals surface area contributed by atoms with Gasteiger partial charge < -0.3 is 15.5 Å². The third kappa shape index (κ3) is 22.4. The van der Waals surface area contributed by atoms with Gasteiger partial charge in [0.15, 0.2) is 0 Å². The Morgan fingerprint density at radius 1 is 1.43 bits per heavy atom. The minimum absolute atomic E-state index is 0.222. The third-order valence-corrected chi connectivity index (χ3v) is 1.51. The molecule has 0 aromatic heterocycles. The predicted octanol–water partition coefficient (Wildman–Crippen LogP) is 1.08. The number of nitrogens with one attached hydrogen (secondary N) is 1. The summed E-state index contributed by atoms with van der Waals surface area (Å²) in [5, 5.41) is 24.8. The van der Waals surface area contributed by atoms with Crippen molar-refractivity contribution < 1.29 is 15.0 Å². The van der Waals surface area contributed by atoms with Gasteiger partial charge in [-0.1, -0.05) is 13.3 Å². The van der Waals surface area contributed by atoms with Gasteiger partial charge in [0.25, 0.3) is 6.26 Å². The lowest BCUT2D eigenvalue weighted by atomic mass is 10.2. The quantitative estimate of drug-likeness (QED) is 0.553. The molecule has 0 radical (unpaired) electrons. The highest BCUT2D eigenvalue weighted by atomic mass is 16.4. The average Bonchev–Trinajstić information content (AvgIpc) is 2.22. The second kappa shape index (κ2) is 14.3. The minimum atomic E-state index is -0.745. The molecule has 1 aliphatic rings. The maximum atomic E-state index is 9.37. The van der Waals surface area contributed by atoms with E-state index in [2.05, 4.69) is 5.32 Å². The van der Waals surface area contributed by atoms with Gasteiger partial charge in [0.05, 0.1) is 0 Å². The number of carboxylic acids is 1. The summed E-state index contributed by atoms with van der Waals surface area (Å²) in [5.41, 5.74) is 0. The number of nitriles is 1. The first-order chi connectivity index (χ1) is 6.68. The van der Waals surface area contributed by atoms with Crippen molar-refractivity contribution in [1.29, 1.82) is 5.26 Å². The highest BCUT2D eigenvalue weighted by Crippen LogP contribution is 1.96. The van der Waals surface area contributed by atoms with Gasteiger partial charge in [-0.25, -0.2) is 0 Å². The molecule has 0 spiro atoms. The number of rotatable bonds is 1. The molecule has 1 heterocycles. The molecule has 0 aliphatic carbocycles. The maximum Gasteiger partial charge on any atom is 0.303 e. The number of aliphatic carboxylic acids is 1. The molecule has 3 N–H and O–H groups in total. The van der Waals surface area contributed by atoms with Crippen LogP contribution in [-0.4, -0.2) is 29.3 Å². The Labute approximate surface area is 84.4 Å². The molecule has 0 unspecified atom stereocenters. The fraction of sp³-hybridized carbons (Fsp3) is 0.778. The summed E-state index contributed by atoms with van der Waals surface area (Å²) in [6.45, 7) is 4.10. The molecular weight excluding hydrogens is 184 g/mol. The molecule has 14 heavy (non-hydrogen) atoms. The summed E-state index contributed by atoms with van der Waals surface area (Å²) in [7, 11) is 0. The number of aliphatic hydroxyl groups excluding tert-OH is 1. The average molecular weight is 202 g/mol. The van der Waals surface area contributed by atoms with Gasteiger partial charge in [0.1, 0.15) is 0 Å². The zero-order valence-electron chi connectivity index (χ0n) is 8.49. The Kier molecular flexibility index (Phi) is 15.5. The monoisotopic (exact) mass is 202 g/mol. The molecule has 82 valence electrons. The van der Waals surface area contributed by atoms with Crippen LogP contribution in [0.15, 0.2) is 0 Å². The van der Waals surface area contributed by atoms with E-state index in [0.29, 0.717) is 0 Å². The number of piperidine rings is 1. The van der Waals surface area contributed by atoms with Crippen molar-refractivity contribution in [3.05, 3.63) is 0 Å². The second-order valence-corrected chi connectivity index (χ2v) is 2.66. The van der Waals surface area contributed by atoms with Crippen molar-refractivity contribution in [2.24, 2.45) is 0 Å². The second-order valence-electron chi connectivity index (χ2n) is 2.66. The van der Waals surface area contributed by atoms with Crippen LogP contribution in [0.2, 0.25) is 0 Å². The number of carboxylic acid groups (broad SMARTS) is 1. The highest BCUT2D eigenvalue weighted by Gasteiger charge is 1.93. The fourth-order valence-corrected chi connectivity index (χ4v) is 0.802. The first-order valence-electron chi connectivity index (χ1n) is 4.64. The topological polar surface area (TPSA) is 93.4 Å². The number of carbonyl (C=O) groups is 1. The summed E-state index contributed by atoms with van der Waals surface area (Å²) >= 11 is 0. The first kappa shape index (κ1) is 15.2. The van der Waals surface area contributed by atoms with Gasteiger partial charge in [-0.3, -0.25) is 4.79 Å². The van der Waals surface area contributed by atoms with Crippen LogP contribution in [0.4, 0.5) is 0 Å². The highest BCUT2D eigenvalue weighted by molar-refractivity contribution is 5.66. The van der Waals surface area contributed by atoms with Crippen LogP contribution in [0.1, 0.15) is 32.6 Å². The first-order valence-corrected chi connectivity index (χ1v) is 4.64. The third-order valence-electron chi connectivity index (χ3n) is 1.51. The SMILES string of the molecule is C1CCNCC1.CCC(=O)O.N#CO. The van der Waals surface area contributed by atoms with E-state index in [4.69, 9.17) is 15.5 Å². The summed E-state index contributed by atoms with van der Waals surface area (Å²) < 4.78 is 0. The number of nitrogens with zero attached hydrogens (tertiary/aromatic N) is 1. The molecule has 1 saturated heterocycles. The molecule has 0 saturated carbocycles. The van der Waals surface area contributed by atoms with Crippen LogP contribution in [0, 0.1) is 11.5 Å². The van der Waals surface area contributed by atoms with E-state index < -0.39 is 5.97 Å². The summed E-state index contributed by atoms with van der Waals surface area (Å²) in [6.07, 6.45) is 5.19. The molecular formula is C9H18N2O3. The molecule has 1 fully saturated rings. The van der Waals surface area contributed by atoms with Crippen molar-refractivity contribution >= 4 is 5.97 Å². The molecule has 5 nitrogen and oxygen atoms in total. The van der Waals surface area contributed by atoms with Crippen LogP contribution in [0.25, 0.3) is 0 Å². The van der Waals surface area contributed by atoms with Crippen LogP contribution in [0.3, 0.4) is 0 Å². The summed E-state index contributed by atoms with van der Waals surface area (Å²) in [6, 6.07) is 0. The summed E-state index contributed by atoms with van der Waals surface area (Å²) in [4.78, 5) is 9.37. The standard InChI is InChI=1S/C5H11N.C3H6O2.CHNO/c1-2-4-6-5-3-1;1-2-3(4)5;2-1-3/h6H,1-5H2;2H2,1H3,(H,4,5);3H. The maximum absolute atomic E-state index is 9.37. The van der Waals surface area contributed by atoms with Crippen LogP contribution < -0.4 is 5.32 Å². The Morgan fingerprint density at radius 2 is 1.79 bits per heavy atom. The molecule has 5 heteroatoms. The lowest BCUT2D eigenvalue weighted by molar-refractivity contribution is -0.136.